The van der Waals surface area contributed by atoms with Crippen molar-refractivity contribution < 1.29 is 9.13 Å². The van der Waals surface area contributed by atoms with Gasteiger partial charge in [0, 0.05) is 4.83 Å². The van der Waals surface area contributed by atoms with Crippen molar-refractivity contribution in [1.82, 2.24) is 0 Å². The van der Waals surface area contributed by atoms with Crippen LogP contribution in [0.3, 0.4) is 0 Å². The van der Waals surface area contributed by atoms with Crippen molar-refractivity contribution in [2.75, 3.05) is 7.11 Å². The Labute approximate surface area is 135 Å². The highest BCUT2D eigenvalue weighted by atomic mass is 79.9. The van der Waals surface area contributed by atoms with Gasteiger partial charge in [-0.25, -0.2) is 4.39 Å². The van der Waals surface area contributed by atoms with E-state index in [1.807, 2.05) is 12.1 Å². The summed E-state index contributed by atoms with van der Waals surface area (Å²) in [7, 11) is 1.45. The van der Waals surface area contributed by atoms with Gasteiger partial charge in [0.1, 0.15) is 0 Å². The van der Waals surface area contributed by atoms with Crippen molar-refractivity contribution in [2.45, 2.75) is 11.2 Å². The third-order valence-electron chi connectivity index (χ3n) is 2.94. The molecule has 2 rings (SSSR count). The van der Waals surface area contributed by atoms with Crippen LogP contribution >= 0.6 is 39.1 Å². The first-order valence-electron chi connectivity index (χ1n) is 5.92. The first-order chi connectivity index (χ1) is 9.51. The monoisotopic (exact) mass is 376 g/mol. The Kier molecular flexibility index (Phi) is 5.30. The normalized spacial score (nSPS) is 12.2. The fourth-order valence-electron chi connectivity index (χ4n) is 1.86. The van der Waals surface area contributed by atoms with Gasteiger partial charge in [-0.2, -0.15) is 0 Å². The SMILES string of the molecule is COc1cc(C(Br)Cc2ccc(Cl)c(Cl)c2)ccc1F. The number of halogens is 4. The second-order valence-electron chi connectivity index (χ2n) is 4.31. The van der Waals surface area contributed by atoms with Crippen LogP contribution in [-0.2, 0) is 6.42 Å². The predicted octanol–water partition coefficient (Wildman–Crippen LogP) is 5.82. The Bertz CT molecular complexity index is 619. The van der Waals surface area contributed by atoms with E-state index >= 15 is 0 Å². The number of alkyl halides is 1. The van der Waals surface area contributed by atoms with Crippen LogP contribution in [0.2, 0.25) is 10.0 Å². The molecule has 5 heteroatoms. The van der Waals surface area contributed by atoms with Crippen molar-refractivity contribution >= 4 is 39.1 Å². The van der Waals surface area contributed by atoms with Gasteiger partial charge in [0.15, 0.2) is 11.6 Å². The molecule has 0 aliphatic carbocycles. The first kappa shape index (κ1) is 15.6. The largest absolute Gasteiger partial charge is 0.494 e. The fourth-order valence-corrected chi connectivity index (χ4v) is 2.84. The maximum atomic E-state index is 13.4. The number of hydrogen-bond donors (Lipinski definition) is 0. The standard InChI is InChI=1S/C15H12BrCl2FO/c1-20-15-8-10(3-5-14(15)19)11(16)6-9-2-4-12(17)13(18)7-9/h2-5,7-8,11H,6H2,1H3. The van der Waals surface area contributed by atoms with E-state index in [1.165, 1.54) is 13.2 Å². The lowest BCUT2D eigenvalue weighted by Gasteiger charge is -2.12. The maximum Gasteiger partial charge on any atom is 0.165 e. The summed E-state index contributed by atoms with van der Waals surface area (Å²) in [5.74, 6) is -0.133. The van der Waals surface area contributed by atoms with Crippen LogP contribution in [0, 0.1) is 5.82 Å². The van der Waals surface area contributed by atoms with Crippen LogP contribution in [0.25, 0.3) is 0 Å². The van der Waals surface area contributed by atoms with Gasteiger partial charge in [-0.15, -0.1) is 0 Å². The van der Waals surface area contributed by atoms with Gasteiger partial charge < -0.3 is 4.74 Å². The average Bonchev–Trinajstić information content (AvgIpc) is 2.43. The van der Waals surface area contributed by atoms with Crippen LogP contribution < -0.4 is 4.74 Å². The summed E-state index contributed by atoms with van der Waals surface area (Å²) in [4.78, 5) is 0.0363. The van der Waals surface area contributed by atoms with Gasteiger partial charge in [-0.05, 0) is 41.8 Å². The molecule has 0 saturated heterocycles. The summed E-state index contributed by atoms with van der Waals surface area (Å²) in [5, 5.41) is 1.06. The van der Waals surface area contributed by atoms with Crippen LogP contribution in [0.4, 0.5) is 4.39 Å². The fraction of sp³-hybridized carbons (Fsp3) is 0.200. The molecule has 106 valence electrons. The number of benzene rings is 2. The van der Waals surface area contributed by atoms with Crippen LogP contribution in [0.15, 0.2) is 36.4 Å². The molecular weight excluding hydrogens is 366 g/mol. The van der Waals surface area contributed by atoms with Crippen LogP contribution in [-0.4, -0.2) is 7.11 Å². The van der Waals surface area contributed by atoms with Gasteiger partial charge in [0.25, 0.3) is 0 Å². The molecule has 0 heterocycles. The Morgan fingerprint density at radius 1 is 1.15 bits per heavy atom. The molecule has 1 nitrogen and oxygen atoms in total. The Morgan fingerprint density at radius 3 is 2.55 bits per heavy atom. The van der Waals surface area contributed by atoms with Crippen LogP contribution in [0.5, 0.6) is 5.75 Å². The third-order valence-corrected chi connectivity index (χ3v) is 4.53. The predicted molar refractivity (Wildman–Crippen MR) is 84.8 cm³/mol. The van der Waals surface area contributed by atoms with Gasteiger partial charge >= 0.3 is 0 Å². The maximum absolute atomic E-state index is 13.4. The Balaban J connectivity index is 2.19. The second kappa shape index (κ2) is 6.79. The van der Waals surface area contributed by atoms with E-state index in [2.05, 4.69) is 15.9 Å². The quantitative estimate of drug-likeness (QED) is 0.610. The molecule has 0 spiro atoms. The summed E-state index contributed by atoms with van der Waals surface area (Å²) in [6.07, 6.45) is 0.714. The molecule has 0 N–H and O–H groups in total. The summed E-state index contributed by atoms with van der Waals surface area (Å²) in [6.45, 7) is 0. The molecule has 2 aromatic carbocycles. The van der Waals surface area contributed by atoms with E-state index in [0.29, 0.717) is 16.5 Å². The zero-order valence-electron chi connectivity index (χ0n) is 10.7. The van der Waals surface area contributed by atoms with Crippen LogP contribution in [0.1, 0.15) is 16.0 Å². The summed E-state index contributed by atoms with van der Waals surface area (Å²) in [6, 6.07) is 10.3. The molecule has 0 saturated carbocycles. The van der Waals surface area contributed by atoms with Gasteiger partial charge in [-0.1, -0.05) is 51.3 Å². The van der Waals surface area contributed by atoms with Gasteiger partial charge in [-0.3, -0.25) is 0 Å². The lowest BCUT2D eigenvalue weighted by atomic mass is 10.0. The summed E-state index contributed by atoms with van der Waals surface area (Å²) >= 11 is 15.5. The Morgan fingerprint density at radius 2 is 1.90 bits per heavy atom. The number of rotatable bonds is 4. The minimum absolute atomic E-state index is 0.0363. The second-order valence-corrected chi connectivity index (χ2v) is 6.23. The highest BCUT2D eigenvalue weighted by molar-refractivity contribution is 9.09. The van der Waals surface area contributed by atoms with Gasteiger partial charge in [0.05, 0.1) is 17.2 Å². The highest BCUT2D eigenvalue weighted by Crippen LogP contribution is 2.32. The van der Waals surface area contributed by atoms with Gasteiger partial charge in [0.2, 0.25) is 0 Å². The zero-order chi connectivity index (χ0) is 14.7. The molecule has 20 heavy (non-hydrogen) atoms. The molecule has 0 aliphatic heterocycles. The summed E-state index contributed by atoms with van der Waals surface area (Å²) < 4.78 is 18.4. The summed E-state index contributed by atoms with van der Waals surface area (Å²) in [5.41, 5.74) is 1.99. The van der Waals surface area contributed by atoms with Crippen molar-refractivity contribution in [3.8, 4) is 5.75 Å². The Hall–Kier alpha value is -0.770. The molecule has 2 aromatic rings. The minimum Gasteiger partial charge on any atom is -0.494 e. The van der Waals surface area contributed by atoms with E-state index < -0.39 is 0 Å². The zero-order valence-corrected chi connectivity index (χ0v) is 13.8. The highest BCUT2D eigenvalue weighted by Gasteiger charge is 2.12. The van der Waals surface area contributed by atoms with Crippen molar-refractivity contribution in [2.24, 2.45) is 0 Å². The van der Waals surface area contributed by atoms with E-state index in [9.17, 15) is 4.39 Å². The lowest BCUT2D eigenvalue weighted by Crippen LogP contribution is -1.97. The van der Waals surface area contributed by atoms with Crippen molar-refractivity contribution in [1.29, 1.82) is 0 Å². The smallest absolute Gasteiger partial charge is 0.165 e. The molecule has 0 bridgehead atoms. The average molecular weight is 378 g/mol. The lowest BCUT2D eigenvalue weighted by molar-refractivity contribution is 0.386. The van der Waals surface area contributed by atoms with E-state index in [4.69, 9.17) is 27.9 Å². The molecule has 0 fully saturated rings. The molecule has 1 unspecified atom stereocenters. The molecule has 0 radical (unpaired) electrons. The number of hydrogen-bond acceptors (Lipinski definition) is 1. The molecule has 0 aliphatic rings. The molecular formula is C15H12BrCl2FO. The number of methoxy groups -OCH3 is 1. The van der Waals surface area contributed by atoms with E-state index in [-0.39, 0.29) is 16.4 Å². The topological polar surface area (TPSA) is 9.23 Å². The molecule has 0 aromatic heterocycles. The first-order valence-corrected chi connectivity index (χ1v) is 7.60. The minimum atomic E-state index is -0.370. The van der Waals surface area contributed by atoms with Crippen molar-refractivity contribution in [3.05, 3.63) is 63.4 Å². The van der Waals surface area contributed by atoms with E-state index in [0.717, 1.165) is 11.1 Å². The third kappa shape index (κ3) is 3.66. The molecule has 0 amide bonds. The number of ether oxygens (including phenoxy) is 1. The van der Waals surface area contributed by atoms with E-state index in [1.54, 1.807) is 18.2 Å². The molecule has 1 atom stereocenters. The van der Waals surface area contributed by atoms with Crippen molar-refractivity contribution in [3.63, 3.8) is 0 Å².